The zero-order valence-electron chi connectivity index (χ0n) is 10.2. The second-order valence-corrected chi connectivity index (χ2v) is 5.23. The number of fused-ring (bicyclic) bond motifs is 1. The van der Waals surface area contributed by atoms with Gasteiger partial charge < -0.3 is 9.88 Å². The van der Waals surface area contributed by atoms with Gasteiger partial charge in [-0.3, -0.25) is 0 Å². The smallest absolute Gasteiger partial charge is 0.0492 e. The zero-order valence-corrected chi connectivity index (χ0v) is 11.8. The molecule has 0 aliphatic rings. The standard InChI is InChI=1S/C14H19BrN2/c1-2-3-7-16-8-10-17-9-6-12-4-5-13(15)11-14(12)17/h4-6,9,11,16H,2-3,7-8,10H2,1H3. The molecule has 92 valence electrons. The van der Waals surface area contributed by atoms with Crippen molar-refractivity contribution >= 4 is 26.8 Å². The summed E-state index contributed by atoms with van der Waals surface area (Å²) in [5.41, 5.74) is 1.30. The maximum Gasteiger partial charge on any atom is 0.0492 e. The number of hydrogen-bond donors (Lipinski definition) is 1. The van der Waals surface area contributed by atoms with Gasteiger partial charge in [0.25, 0.3) is 0 Å². The van der Waals surface area contributed by atoms with E-state index in [1.54, 1.807) is 0 Å². The minimum atomic E-state index is 1.03. The molecule has 0 bridgehead atoms. The Morgan fingerprint density at radius 2 is 2.12 bits per heavy atom. The van der Waals surface area contributed by atoms with Gasteiger partial charge in [0.2, 0.25) is 0 Å². The summed E-state index contributed by atoms with van der Waals surface area (Å²) in [5, 5.41) is 4.78. The number of nitrogens with one attached hydrogen (secondary N) is 1. The van der Waals surface area contributed by atoms with Crippen LogP contribution in [-0.4, -0.2) is 17.7 Å². The molecule has 0 saturated heterocycles. The van der Waals surface area contributed by atoms with Crippen molar-refractivity contribution in [1.29, 1.82) is 0 Å². The fourth-order valence-electron chi connectivity index (χ4n) is 1.98. The largest absolute Gasteiger partial charge is 0.346 e. The molecule has 1 heterocycles. The molecule has 0 aliphatic heterocycles. The number of hydrogen-bond acceptors (Lipinski definition) is 1. The predicted octanol–water partition coefficient (Wildman–Crippen LogP) is 3.79. The van der Waals surface area contributed by atoms with Crippen molar-refractivity contribution in [3.05, 3.63) is 34.9 Å². The Balaban J connectivity index is 1.96. The summed E-state index contributed by atoms with van der Waals surface area (Å²) >= 11 is 3.52. The monoisotopic (exact) mass is 294 g/mol. The van der Waals surface area contributed by atoms with Gasteiger partial charge in [0.1, 0.15) is 0 Å². The first-order valence-electron chi connectivity index (χ1n) is 6.26. The van der Waals surface area contributed by atoms with E-state index in [9.17, 15) is 0 Å². The number of unbranched alkanes of at least 4 members (excludes halogenated alkanes) is 1. The first-order valence-corrected chi connectivity index (χ1v) is 7.05. The first-order chi connectivity index (χ1) is 8.31. The third kappa shape index (κ3) is 3.33. The van der Waals surface area contributed by atoms with Crippen LogP contribution in [-0.2, 0) is 6.54 Å². The average Bonchev–Trinajstić information content (AvgIpc) is 2.72. The minimum absolute atomic E-state index is 1.03. The molecule has 0 amide bonds. The van der Waals surface area contributed by atoms with Gasteiger partial charge in [0.15, 0.2) is 0 Å². The van der Waals surface area contributed by atoms with E-state index in [1.807, 2.05) is 0 Å². The Hall–Kier alpha value is -0.800. The van der Waals surface area contributed by atoms with Crippen molar-refractivity contribution in [2.75, 3.05) is 13.1 Å². The molecule has 2 aromatic rings. The molecule has 0 saturated carbocycles. The average molecular weight is 295 g/mol. The summed E-state index contributed by atoms with van der Waals surface area (Å²) in [6.07, 6.45) is 4.68. The quantitative estimate of drug-likeness (QED) is 0.802. The molecule has 0 aliphatic carbocycles. The van der Waals surface area contributed by atoms with Crippen LogP contribution in [0.25, 0.3) is 10.9 Å². The molecule has 1 aromatic carbocycles. The van der Waals surface area contributed by atoms with E-state index < -0.39 is 0 Å². The van der Waals surface area contributed by atoms with Crippen LogP contribution in [0, 0.1) is 0 Å². The summed E-state index contributed by atoms with van der Waals surface area (Å²) in [6, 6.07) is 8.60. The SMILES string of the molecule is CCCCNCCn1ccc2ccc(Br)cc21. The van der Waals surface area contributed by atoms with Crippen LogP contribution in [0.3, 0.4) is 0 Å². The van der Waals surface area contributed by atoms with Gasteiger partial charge in [-0.05, 0) is 36.6 Å². The van der Waals surface area contributed by atoms with Crippen molar-refractivity contribution in [1.82, 2.24) is 9.88 Å². The van der Waals surface area contributed by atoms with Gasteiger partial charge in [-0.2, -0.15) is 0 Å². The number of aromatic nitrogens is 1. The highest BCUT2D eigenvalue weighted by Gasteiger charge is 2.00. The van der Waals surface area contributed by atoms with Crippen molar-refractivity contribution in [3.63, 3.8) is 0 Å². The van der Waals surface area contributed by atoms with Crippen LogP contribution in [0.2, 0.25) is 0 Å². The van der Waals surface area contributed by atoms with E-state index in [2.05, 4.69) is 63.2 Å². The third-order valence-corrected chi connectivity index (χ3v) is 3.47. The highest BCUT2D eigenvalue weighted by molar-refractivity contribution is 9.10. The molecule has 0 unspecified atom stereocenters. The molecular weight excluding hydrogens is 276 g/mol. The van der Waals surface area contributed by atoms with Crippen LogP contribution in [0.4, 0.5) is 0 Å². The Morgan fingerprint density at radius 1 is 1.24 bits per heavy atom. The Bertz CT molecular complexity index is 476. The Kier molecular flexibility index (Phi) is 4.63. The van der Waals surface area contributed by atoms with Crippen LogP contribution in [0.1, 0.15) is 19.8 Å². The zero-order chi connectivity index (χ0) is 12.1. The van der Waals surface area contributed by atoms with Crippen LogP contribution < -0.4 is 5.32 Å². The molecule has 3 heteroatoms. The number of rotatable bonds is 6. The van der Waals surface area contributed by atoms with E-state index in [1.165, 1.54) is 23.7 Å². The van der Waals surface area contributed by atoms with Crippen molar-refractivity contribution in [2.24, 2.45) is 0 Å². The summed E-state index contributed by atoms with van der Waals surface area (Å²) in [7, 11) is 0. The lowest BCUT2D eigenvalue weighted by Gasteiger charge is -2.07. The van der Waals surface area contributed by atoms with Crippen LogP contribution in [0.5, 0.6) is 0 Å². The summed E-state index contributed by atoms with van der Waals surface area (Å²) in [5.74, 6) is 0. The minimum Gasteiger partial charge on any atom is -0.346 e. The maximum atomic E-state index is 3.52. The lowest BCUT2D eigenvalue weighted by atomic mass is 10.2. The van der Waals surface area contributed by atoms with E-state index in [0.717, 1.165) is 24.1 Å². The van der Waals surface area contributed by atoms with E-state index in [4.69, 9.17) is 0 Å². The fourth-order valence-corrected chi connectivity index (χ4v) is 2.33. The molecule has 1 aromatic heterocycles. The molecule has 2 nitrogen and oxygen atoms in total. The molecule has 1 N–H and O–H groups in total. The molecule has 0 spiro atoms. The molecule has 2 rings (SSSR count). The van der Waals surface area contributed by atoms with Crippen LogP contribution >= 0.6 is 15.9 Å². The van der Waals surface area contributed by atoms with Crippen LogP contribution in [0.15, 0.2) is 34.9 Å². The Labute approximate surface area is 111 Å². The van der Waals surface area contributed by atoms with E-state index >= 15 is 0 Å². The van der Waals surface area contributed by atoms with Crippen molar-refractivity contribution < 1.29 is 0 Å². The summed E-state index contributed by atoms with van der Waals surface area (Å²) in [6.45, 7) is 5.41. The molecular formula is C14H19BrN2. The second-order valence-electron chi connectivity index (χ2n) is 4.32. The van der Waals surface area contributed by atoms with Gasteiger partial charge in [0, 0.05) is 29.3 Å². The van der Waals surface area contributed by atoms with Gasteiger partial charge >= 0.3 is 0 Å². The second kappa shape index (κ2) is 6.22. The maximum absolute atomic E-state index is 3.52. The summed E-state index contributed by atoms with van der Waals surface area (Å²) in [4.78, 5) is 0. The molecule has 0 radical (unpaired) electrons. The lowest BCUT2D eigenvalue weighted by Crippen LogP contribution is -2.20. The Morgan fingerprint density at radius 3 is 2.94 bits per heavy atom. The third-order valence-electron chi connectivity index (χ3n) is 2.97. The van der Waals surface area contributed by atoms with Gasteiger partial charge in [-0.25, -0.2) is 0 Å². The number of nitrogens with zero attached hydrogens (tertiary/aromatic N) is 1. The predicted molar refractivity (Wildman–Crippen MR) is 77.4 cm³/mol. The number of halogens is 1. The van der Waals surface area contributed by atoms with Crippen molar-refractivity contribution in [2.45, 2.75) is 26.3 Å². The first kappa shape index (κ1) is 12.7. The lowest BCUT2D eigenvalue weighted by molar-refractivity contribution is 0.588. The van der Waals surface area contributed by atoms with Gasteiger partial charge in [-0.15, -0.1) is 0 Å². The topological polar surface area (TPSA) is 17.0 Å². The van der Waals surface area contributed by atoms with Gasteiger partial charge in [0.05, 0.1) is 0 Å². The number of benzene rings is 1. The van der Waals surface area contributed by atoms with Gasteiger partial charge in [-0.1, -0.05) is 35.3 Å². The molecule has 0 fully saturated rings. The fraction of sp³-hybridized carbons (Fsp3) is 0.429. The highest BCUT2D eigenvalue weighted by atomic mass is 79.9. The normalized spacial score (nSPS) is 11.2. The van der Waals surface area contributed by atoms with Crippen molar-refractivity contribution in [3.8, 4) is 0 Å². The van der Waals surface area contributed by atoms with E-state index in [0.29, 0.717) is 0 Å². The highest BCUT2D eigenvalue weighted by Crippen LogP contribution is 2.20. The molecule has 0 atom stereocenters. The van der Waals surface area contributed by atoms with E-state index in [-0.39, 0.29) is 0 Å². The molecule has 17 heavy (non-hydrogen) atoms. The summed E-state index contributed by atoms with van der Waals surface area (Å²) < 4.78 is 3.45.